The molecule has 0 aromatic carbocycles. The van der Waals surface area contributed by atoms with Gasteiger partial charge in [0.2, 0.25) is 5.89 Å². The Morgan fingerprint density at radius 2 is 2.21 bits per heavy atom. The van der Waals surface area contributed by atoms with Crippen LogP contribution in [0, 0.1) is 5.82 Å². The van der Waals surface area contributed by atoms with Crippen molar-refractivity contribution in [1.29, 1.82) is 0 Å². The number of halogens is 2. The molecule has 0 saturated heterocycles. The second kappa shape index (κ2) is 6.74. The Morgan fingerprint density at radius 3 is 2.92 bits per heavy atom. The number of nitrogens with zero attached hydrogens (tertiary/aromatic N) is 2. The van der Waals surface area contributed by atoms with Crippen molar-refractivity contribution in [2.75, 3.05) is 0 Å². The van der Waals surface area contributed by atoms with E-state index >= 15 is 0 Å². The van der Waals surface area contributed by atoms with Crippen molar-refractivity contribution in [2.24, 2.45) is 0 Å². The summed E-state index contributed by atoms with van der Waals surface area (Å²) < 4.78 is 35.5. The summed E-state index contributed by atoms with van der Waals surface area (Å²) in [6.07, 6.45) is 3.63. The zero-order chi connectivity index (χ0) is 17.5. The van der Waals surface area contributed by atoms with Crippen LogP contribution in [0.5, 0.6) is 0 Å². The third-order valence-electron chi connectivity index (χ3n) is 3.81. The molecule has 1 N–H and O–H groups in total. The topological polar surface area (TPSA) is 74.0 Å². The van der Waals surface area contributed by atoms with Gasteiger partial charge in [0, 0.05) is 11.4 Å². The van der Waals surface area contributed by atoms with Crippen molar-refractivity contribution in [3.8, 4) is 11.5 Å². The molecule has 1 aliphatic carbocycles. The van der Waals surface area contributed by atoms with Crippen LogP contribution in [0.15, 0.2) is 21.3 Å². The Labute approximate surface area is 151 Å². The molecule has 0 fully saturated rings. The van der Waals surface area contributed by atoms with E-state index in [1.807, 2.05) is 20.8 Å². The van der Waals surface area contributed by atoms with E-state index in [4.69, 9.17) is 4.42 Å². The minimum absolute atomic E-state index is 0.177. The standard InChI is InChI=1S/C16H19BrFN3O2S/c1-16(2,3)24(22)21-12-6-4-5-11-14(12)23-15(20-11)9-7-13(17)19-8-10(9)18/h7-8,12,21H,4-6H2,1-3H3/t12-,24-/m0/s1. The van der Waals surface area contributed by atoms with Gasteiger partial charge in [0.15, 0.2) is 5.82 Å². The zero-order valence-electron chi connectivity index (χ0n) is 13.7. The van der Waals surface area contributed by atoms with E-state index in [9.17, 15) is 8.94 Å². The Kier molecular flexibility index (Phi) is 5.01. The first kappa shape index (κ1) is 17.8. The molecule has 0 saturated carbocycles. The highest BCUT2D eigenvalue weighted by Crippen LogP contribution is 2.35. The van der Waals surface area contributed by atoms with E-state index in [-0.39, 0.29) is 22.2 Å². The molecule has 8 heteroatoms. The van der Waals surface area contributed by atoms with E-state index < -0.39 is 17.2 Å². The summed E-state index contributed by atoms with van der Waals surface area (Å²) >= 11 is 2.02. The Hall–Kier alpha value is -0.960. The number of oxazole rings is 1. The number of aromatic nitrogens is 2. The molecule has 2 aromatic rings. The summed E-state index contributed by atoms with van der Waals surface area (Å²) in [6, 6.07) is 1.37. The Balaban J connectivity index is 1.92. The minimum Gasteiger partial charge on any atom is -0.598 e. The maximum Gasteiger partial charge on any atom is 0.229 e. The molecular weight excluding hydrogens is 397 g/mol. The Bertz CT molecular complexity index is 747. The monoisotopic (exact) mass is 415 g/mol. The van der Waals surface area contributed by atoms with Gasteiger partial charge < -0.3 is 8.97 Å². The second-order valence-corrected chi connectivity index (χ2v) is 9.57. The fourth-order valence-corrected chi connectivity index (χ4v) is 3.70. The number of fused-ring (bicyclic) bond motifs is 1. The van der Waals surface area contributed by atoms with Crippen LogP contribution < -0.4 is 4.72 Å². The molecule has 5 nitrogen and oxygen atoms in total. The average molecular weight is 416 g/mol. The lowest BCUT2D eigenvalue weighted by atomic mass is 9.98. The summed E-state index contributed by atoms with van der Waals surface area (Å²) in [5.41, 5.74) is 1.06. The number of rotatable bonds is 3. The van der Waals surface area contributed by atoms with Crippen molar-refractivity contribution >= 4 is 27.3 Å². The average Bonchev–Trinajstić information content (AvgIpc) is 2.93. The van der Waals surface area contributed by atoms with Crippen molar-refractivity contribution in [1.82, 2.24) is 14.7 Å². The lowest BCUT2D eigenvalue weighted by Gasteiger charge is -2.28. The van der Waals surface area contributed by atoms with Gasteiger partial charge in [-0.1, -0.05) is 0 Å². The smallest absolute Gasteiger partial charge is 0.229 e. The third-order valence-corrected chi connectivity index (χ3v) is 5.85. The maximum atomic E-state index is 14.0. The summed E-state index contributed by atoms with van der Waals surface area (Å²) in [4.78, 5) is 8.30. The highest BCUT2D eigenvalue weighted by molar-refractivity contribution is 9.10. The van der Waals surface area contributed by atoms with Crippen LogP contribution in [0.3, 0.4) is 0 Å². The predicted octanol–water partition coefficient (Wildman–Crippen LogP) is 4.07. The van der Waals surface area contributed by atoms with Gasteiger partial charge in [0.1, 0.15) is 21.2 Å². The summed E-state index contributed by atoms with van der Waals surface area (Å²) in [7, 11) is 0. The van der Waals surface area contributed by atoms with Gasteiger partial charge in [0.25, 0.3) is 0 Å². The van der Waals surface area contributed by atoms with Crippen LogP contribution in [0.2, 0.25) is 0 Å². The number of hydrogen-bond acceptors (Lipinski definition) is 5. The fourth-order valence-electron chi connectivity index (χ4n) is 2.53. The van der Waals surface area contributed by atoms with Crippen LogP contribution in [-0.2, 0) is 17.8 Å². The highest BCUT2D eigenvalue weighted by Gasteiger charge is 2.35. The lowest BCUT2D eigenvalue weighted by molar-refractivity contribution is 0.401. The van der Waals surface area contributed by atoms with E-state index in [0.717, 1.165) is 31.2 Å². The van der Waals surface area contributed by atoms with E-state index in [1.54, 1.807) is 6.07 Å². The molecule has 0 amide bonds. The molecule has 2 heterocycles. The SMILES string of the molecule is CC(C)(C)[S@+]([O-])N[C@H]1CCCc2nc(-c3cc(Br)ncc3F)oc21. The van der Waals surface area contributed by atoms with Gasteiger partial charge >= 0.3 is 0 Å². The van der Waals surface area contributed by atoms with Crippen LogP contribution in [0.25, 0.3) is 11.5 Å². The number of aryl methyl sites for hydroxylation is 1. The van der Waals surface area contributed by atoms with Crippen LogP contribution in [0.4, 0.5) is 4.39 Å². The molecule has 1 aliphatic rings. The van der Waals surface area contributed by atoms with Crippen LogP contribution >= 0.6 is 15.9 Å². The van der Waals surface area contributed by atoms with Crippen molar-refractivity contribution in [3.05, 3.63) is 34.1 Å². The molecule has 2 atom stereocenters. The number of pyridine rings is 1. The third kappa shape index (κ3) is 3.66. The van der Waals surface area contributed by atoms with Crippen molar-refractivity contribution in [3.63, 3.8) is 0 Å². The zero-order valence-corrected chi connectivity index (χ0v) is 16.1. The molecule has 0 radical (unpaired) electrons. The number of nitrogens with one attached hydrogen (secondary N) is 1. The van der Waals surface area contributed by atoms with Crippen LogP contribution in [0.1, 0.15) is 51.1 Å². The minimum atomic E-state index is -1.21. The van der Waals surface area contributed by atoms with Gasteiger partial charge in [-0.2, -0.15) is 0 Å². The summed E-state index contributed by atoms with van der Waals surface area (Å²) in [5, 5.41) is 0. The molecule has 130 valence electrons. The maximum absolute atomic E-state index is 14.0. The summed E-state index contributed by atoms with van der Waals surface area (Å²) in [5.74, 6) is 0.400. The van der Waals surface area contributed by atoms with E-state index in [2.05, 4.69) is 30.6 Å². The van der Waals surface area contributed by atoms with Crippen molar-refractivity contribution < 1.29 is 13.4 Å². The van der Waals surface area contributed by atoms with Gasteiger partial charge in [-0.3, -0.25) is 0 Å². The number of hydrogen-bond donors (Lipinski definition) is 1. The predicted molar refractivity (Wildman–Crippen MR) is 94.1 cm³/mol. The molecule has 2 aromatic heterocycles. The molecule has 3 rings (SSSR count). The van der Waals surface area contributed by atoms with Crippen LogP contribution in [-0.4, -0.2) is 19.3 Å². The van der Waals surface area contributed by atoms with Gasteiger partial charge in [-0.15, -0.1) is 4.72 Å². The Morgan fingerprint density at radius 1 is 1.46 bits per heavy atom. The normalized spacial score (nSPS) is 19.2. The van der Waals surface area contributed by atoms with E-state index in [0.29, 0.717) is 10.4 Å². The van der Waals surface area contributed by atoms with Gasteiger partial charge in [0.05, 0.1) is 17.5 Å². The fraction of sp³-hybridized carbons (Fsp3) is 0.500. The van der Waals surface area contributed by atoms with Gasteiger partial charge in [-0.05, 0) is 62.0 Å². The largest absolute Gasteiger partial charge is 0.598 e. The first-order valence-electron chi connectivity index (χ1n) is 7.75. The molecule has 0 bridgehead atoms. The molecule has 0 aliphatic heterocycles. The first-order chi connectivity index (χ1) is 11.3. The van der Waals surface area contributed by atoms with E-state index in [1.165, 1.54) is 0 Å². The molecule has 0 spiro atoms. The quantitative estimate of drug-likeness (QED) is 0.603. The van der Waals surface area contributed by atoms with Gasteiger partial charge in [-0.25, -0.2) is 14.4 Å². The summed E-state index contributed by atoms with van der Waals surface area (Å²) in [6.45, 7) is 5.74. The first-order valence-corrected chi connectivity index (χ1v) is 9.69. The second-order valence-electron chi connectivity index (χ2n) is 6.76. The molecule has 0 unspecified atom stereocenters. The molecule has 24 heavy (non-hydrogen) atoms. The van der Waals surface area contributed by atoms with Crippen molar-refractivity contribution in [2.45, 2.75) is 50.8 Å². The lowest BCUT2D eigenvalue weighted by Crippen LogP contribution is -2.41. The highest BCUT2D eigenvalue weighted by atomic mass is 79.9. The molecular formula is C16H19BrFN3O2S.